The average molecular weight is 391 g/mol. The summed E-state index contributed by atoms with van der Waals surface area (Å²) in [5, 5.41) is 4.39. The highest BCUT2D eigenvalue weighted by atomic mass is 32.1. The van der Waals surface area contributed by atoms with E-state index in [1.165, 1.54) is 16.0 Å². The van der Waals surface area contributed by atoms with Crippen molar-refractivity contribution >= 4 is 22.9 Å². The molecule has 2 aromatic heterocycles. The molecule has 0 bridgehead atoms. The summed E-state index contributed by atoms with van der Waals surface area (Å²) in [6, 6.07) is 5.35. The number of rotatable bonds is 6. The second-order valence-electron chi connectivity index (χ2n) is 6.87. The predicted octanol–water partition coefficient (Wildman–Crippen LogP) is 2.17. The zero-order valence-corrected chi connectivity index (χ0v) is 16.9. The van der Waals surface area contributed by atoms with Crippen LogP contribution in [0, 0.1) is 6.92 Å². The van der Waals surface area contributed by atoms with Gasteiger partial charge in [-0.15, -0.1) is 11.3 Å². The second-order valence-corrected chi connectivity index (χ2v) is 8.16. The molecule has 0 spiro atoms. The van der Waals surface area contributed by atoms with Crippen LogP contribution in [0.3, 0.4) is 0 Å². The third-order valence-electron chi connectivity index (χ3n) is 4.86. The molecule has 0 unspecified atom stereocenters. The summed E-state index contributed by atoms with van der Waals surface area (Å²) >= 11 is 1.51. The van der Waals surface area contributed by atoms with Gasteiger partial charge in [-0.3, -0.25) is 9.59 Å². The minimum Gasteiger partial charge on any atom is -0.383 e. The number of amides is 1. The molecule has 8 heteroatoms. The summed E-state index contributed by atoms with van der Waals surface area (Å²) in [6.07, 6.45) is 3.42. The Morgan fingerprint density at radius 3 is 2.93 bits per heavy atom. The van der Waals surface area contributed by atoms with Crippen LogP contribution in [0.2, 0.25) is 0 Å². The van der Waals surface area contributed by atoms with E-state index in [9.17, 15) is 9.59 Å². The molecule has 27 heavy (non-hydrogen) atoms. The van der Waals surface area contributed by atoms with E-state index >= 15 is 0 Å². The van der Waals surface area contributed by atoms with E-state index in [1.807, 2.05) is 35.9 Å². The quantitative estimate of drug-likeness (QED) is 0.756. The molecule has 3 heterocycles. The Hall–Kier alpha value is -2.19. The van der Waals surface area contributed by atoms with Gasteiger partial charge in [0.1, 0.15) is 0 Å². The van der Waals surface area contributed by atoms with Gasteiger partial charge in [-0.2, -0.15) is 5.10 Å². The van der Waals surface area contributed by atoms with E-state index in [2.05, 4.69) is 5.10 Å². The van der Waals surface area contributed by atoms with Crippen LogP contribution in [0.4, 0.5) is 5.69 Å². The molecule has 3 rings (SSSR count). The fraction of sp³-hybridized carbons (Fsp3) is 0.526. The smallest absolute Gasteiger partial charge is 0.269 e. The normalized spacial score (nSPS) is 17.1. The van der Waals surface area contributed by atoms with Gasteiger partial charge in [-0.25, -0.2) is 4.68 Å². The zero-order valence-electron chi connectivity index (χ0n) is 16.1. The fourth-order valence-corrected chi connectivity index (χ4v) is 4.13. The molecule has 0 saturated carbocycles. The first kappa shape index (κ1) is 19.6. The standard InChI is InChI=1S/C19H26N4O3S/c1-14-6-7-17(27-14)19(25)22-8-4-5-15(13-22)23-18(24)11-16(12-20-23)21(2)9-10-26-3/h6-7,11-12,15H,4-5,8-10,13H2,1-3H3/t15-/m0/s1. The van der Waals surface area contributed by atoms with Gasteiger partial charge in [0.15, 0.2) is 0 Å². The van der Waals surface area contributed by atoms with Crippen LogP contribution in [0.25, 0.3) is 0 Å². The summed E-state index contributed by atoms with van der Waals surface area (Å²) < 4.78 is 6.59. The summed E-state index contributed by atoms with van der Waals surface area (Å²) in [4.78, 5) is 31.0. The van der Waals surface area contributed by atoms with E-state index in [1.54, 1.807) is 19.4 Å². The predicted molar refractivity (Wildman–Crippen MR) is 107 cm³/mol. The highest BCUT2D eigenvalue weighted by Crippen LogP contribution is 2.24. The maximum atomic E-state index is 12.7. The van der Waals surface area contributed by atoms with Crippen LogP contribution in [0.5, 0.6) is 0 Å². The monoisotopic (exact) mass is 390 g/mol. The number of nitrogens with zero attached hydrogens (tertiary/aromatic N) is 4. The van der Waals surface area contributed by atoms with Crippen molar-refractivity contribution in [2.75, 3.05) is 45.3 Å². The van der Waals surface area contributed by atoms with Crippen molar-refractivity contribution in [3.63, 3.8) is 0 Å². The lowest BCUT2D eigenvalue weighted by Gasteiger charge is -2.33. The minimum atomic E-state index is -0.136. The Morgan fingerprint density at radius 1 is 1.44 bits per heavy atom. The van der Waals surface area contributed by atoms with Crippen LogP contribution in [-0.4, -0.2) is 61.0 Å². The lowest BCUT2D eigenvalue weighted by atomic mass is 10.1. The van der Waals surface area contributed by atoms with Gasteiger partial charge < -0.3 is 14.5 Å². The van der Waals surface area contributed by atoms with Crippen molar-refractivity contribution in [1.82, 2.24) is 14.7 Å². The molecule has 1 aliphatic rings. The maximum absolute atomic E-state index is 12.7. The zero-order chi connectivity index (χ0) is 19.4. The number of aromatic nitrogens is 2. The first-order chi connectivity index (χ1) is 13.0. The van der Waals surface area contributed by atoms with E-state index in [0.717, 1.165) is 34.8 Å². The lowest BCUT2D eigenvalue weighted by Crippen LogP contribution is -2.43. The van der Waals surface area contributed by atoms with Gasteiger partial charge in [0.25, 0.3) is 11.5 Å². The number of likely N-dealkylation sites (N-methyl/N-ethyl adjacent to an activating group) is 1. The van der Waals surface area contributed by atoms with Gasteiger partial charge in [0.2, 0.25) is 0 Å². The molecule has 2 aromatic rings. The molecule has 146 valence electrons. The summed E-state index contributed by atoms with van der Waals surface area (Å²) in [5.41, 5.74) is 0.633. The van der Waals surface area contributed by atoms with E-state index in [4.69, 9.17) is 4.74 Å². The fourth-order valence-electron chi connectivity index (χ4n) is 3.29. The second kappa shape index (κ2) is 8.67. The van der Waals surface area contributed by atoms with Crippen molar-refractivity contribution in [2.45, 2.75) is 25.8 Å². The van der Waals surface area contributed by atoms with Gasteiger partial charge in [0, 0.05) is 44.7 Å². The Morgan fingerprint density at radius 2 is 2.26 bits per heavy atom. The molecule has 0 aromatic carbocycles. The molecule has 0 radical (unpaired) electrons. The molecule has 7 nitrogen and oxygen atoms in total. The molecule has 1 atom stereocenters. The molecule has 1 fully saturated rings. The van der Waals surface area contributed by atoms with Gasteiger partial charge in [-0.05, 0) is 31.9 Å². The van der Waals surface area contributed by atoms with Crippen molar-refractivity contribution < 1.29 is 9.53 Å². The first-order valence-corrected chi connectivity index (χ1v) is 9.96. The highest BCUT2D eigenvalue weighted by molar-refractivity contribution is 7.13. The molecule has 0 N–H and O–H groups in total. The van der Waals surface area contributed by atoms with Crippen molar-refractivity contribution in [3.05, 3.63) is 44.5 Å². The number of piperidine rings is 1. The number of hydrogen-bond acceptors (Lipinski definition) is 6. The van der Waals surface area contributed by atoms with Gasteiger partial charge >= 0.3 is 0 Å². The SMILES string of the molecule is COCCN(C)c1cnn([C@H]2CCCN(C(=O)c3ccc(C)s3)C2)c(=O)c1. The van der Waals surface area contributed by atoms with E-state index in [0.29, 0.717) is 19.7 Å². The van der Waals surface area contributed by atoms with Crippen LogP contribution >= 0.6 is 11.3 Å². The van der Waals surface area contributed by atoms with Gasteiger partial charge in [-0.1, -0.05) is 0 Å². The molecule has 0 aliphatic carbocycles. The number of thiophene rings is 1. The van der Waals surface area contributed by atoms with Gasteiger partial charge in [0.05, 0.1) is 29.4 Å². The lowest BCUT2D eigenvalue weighted by molar-refractivity contribution is 0.0675. The number of aryl methyl sites for hydroxylation is 1. The third kappa shape index (κ3) is 4.56. The van der Waals surface area contributed by atoms with Crippen LogP contribution in [0.15, 0.2) is 29.2 Å². The number of carbonyl (C=O) groups is 1. The molecule has 1 aliphatic heterocycles. The van der Waals surface area contributed by atoms with Crippen molar-refractivity contribution in [1.29, 1.82) is 0 Å². The molecular formula is C19H26N4O3S. The molecule has 1 amide bonds. The average Bonchev–Trinajstić information content (AvgIpc) is 3.11. The van der Waals surface area contributed by atoms with Crippen molar-refractivity contribution in [3.8, 4) is 0 Å². The number of ether oxygens (including phenoxy) is 1. The first-order valence-electron chi connectivity index (χ1n) is 9.14. The Labute approximate surface area is 163 Å². The molecular weight excluding hydrogens is 364 g/mol. The topological polar surface area (TPSA) is 67.7 Å². The van der Waals surface area contributed by atoms with Crippen LogP contribution in [-0.2, 0) is 4.74 Å². The summed E-state index contributed by atoms with van der Waals surface area (Å²) in [7, 11) is 3.56. The maximum Gasteiger partial charge on any atom is 0.269 e. The summed E-state index contributed by atoms with van der Waals surface area (Å²) in [6.45, 7) is 4.50. The minimum absolute atomic E-state index is 0.0433. The van der Waals surface area contributed by atoms with Crippen LogP contribution < -0.4 is 10.5 Å². The Kier molecular flexibility index (Phi) is 6.28. The number of likely N-dealkylation sites (tertiary alicyclic amines) is 1. The third-order valence-corrected chi connectivity index (χ3v) is 5.85. The number of carbonyl (C=O) groups excluding carboxylic acids is 1. The Balaban J connectivity index is 1.72. The van der Waals surface area contributed by atoms with Crippen molar-refractivity contribution in [2.24, 2.45) is 0 Å². The van der Waals surface area contributed by atoms with E-state index < -0.39 is 0 Å². The van der Waals surface area contributed by atoms with Crippen LogP contribution in [0.1, 0.15) is 33.4 Å². The largest absolute Gasteiger partial charge is 0.383 e. The number of anilines is 1. The molecule has 1 saturated heterocycles. The van der Waals surface area contributed by atoms with E-state index in [-0.39, 0.29) is 17.5 Å². The summed E-state index contributed by atoms with van der Waals surface area (Å²) in [5.74, 6) is 0.0433. The number of methoxy groups -OCH3 is 1. The highest BCUT2D eigenvalue weighted by Gasteiger charge is 2.27. The number of hydrogen-bond donors (Lipinski definition) is 0. The Bertz CT molecular complexity index is 847.